The normalized spacial score (nSPS) is 17.9. The number of nitrogens with one attached hydrogen (secondary N) is 1. The van der Waals surface area contributed by atoms with Gasteiger partial charge >= 0.3 is 6.36 Å². The summed E-state index contributed by atoms with van der Waals surface area (Å²) in [5.41, 5.74) is 1.31. The Kier molecular flexibility index (Phi) is 4.28. The third-order valence-corrected chi connectivity index (χ3v) is 3.58. The number of rotatable bonds is 5. The van der Waals surface area contributed by atoms with Crippen LogP contribution < -0.4 is 10.1 Å². The summed E-state index contributed by atoms with van der Waals surface area (Å²) in [6, 6.07) is 6.22. The average molecular weight is 287 g/mol. The minimum Gasteiger partial charge on any atom is -0.406 e. The van der Waals surface area contributed by atoms with Crippen molar-refractivity contribution in [3.05, 3.63) is 29.8 Å². The van der Waals surface area contributed by atoms with Gasteiger partial charge in [0.2, 0.25) is 0 Å². The van der Waals surface area contributed by atoms with E-state index >= 15 is 0 Å². The number of hydrogen-bond donors (Lipinski definition) is 1. The number of ether oxygens (including phenoxy) is 1. The first-order chi connectivity index (χ1) is 9.28. The molecular formula is C15H20F3NO. The maximum absolute atomic E-state index is 12.1. The molecule has 0 spiro atoms. The van der Waals surface area contributed by atoms with Gasteiger partial charge in [0.05, 0.1) is 0 Å². The lowest BCUT2D eigenvalue weighted by atomic mass is 9.71. The Labute approximate surface area is 117 Å². The summed E-state index contributed by atoms with van der Waals surface area (Å²) in [5.74, 6) is 0.454. The van der Waals surface area contributed by atoms with Crippen LogP contribution in [0.4, 0.5) is 13.2 Å². The highest BCUT2D eigenvalue weighted by Gasteiger charge is 2.37. The van der Waals surface area contributed by atoms with Gasteiger partial charge in [-0.2, -0.15) is 0 Å². The second kappa shape index (κ2) is 5.64. The standard InChI is InChI=1S/C15H20F3NO/c1-11(2)7-14(9-19-10-14)8-12-3-5-13(6-4-12)20-15(16,17)18/h3-6,11,19H,7-10H2,1-2H3. The first-order valence-corrected chi connectivity index (χ1v) is 6.83. The highest BCUT2D eigenvalue weighted by Crippen LogP contribution is 2.35. The molecule has 0 bridgehead atoms. The summed E-state index contributed by atoms with van der Waals surface area (Å²) in [5, 5.41) is 3.30. The molecule has 1 fully saturated rings. The monoisotopic (exact) mass is 287 g/mol. The molecule has 1 heterocycles. The van der Waals surface area contributed by atoms with Crippen LogP contribution in [0, 0.1) is 11.3 Å². The van der Waals surface area contributed by atoms with Crippen molar-refractivity contribution in [1.82, 2.24) is 5.32 Å². The van der Waals surface area contributed by atoms with Gasteiger partial charge in [0.15, 0.2) is 0 Å². The van der Waals surface area contributed by atoms with E-state index < -0.39 is 6.36 Å². The quantitative estimate of drug-likeness (QED) is 0.890. The zero-order valence-electron chi connectivity index (χ0n) is 11.8. The summed E-state index contributed by atoms with van der Waals surface area (Å²) in [7, 11) is 0. The lowest BCUT2D eigenvalue weighted by Gasteiger charge is -2.44. The zero-order valence-corrected chi connectivity index (χ0v) is 11.8. The Morgan fingerprint density at radius 1 is 1.20 bits per heavy atom. The summed E-state index contributed by atoms with van der Waals surface area (Å²) in [6.07, 6.45) is -2.61. The highest BCUT2D eigenvalue weighted by atomic mass is 19.4. The molecule has 1 aromatic rings. The van der Waals surface area contributed by atoms with E-state index in [1.807, 2.05) is 0 Å². The van der Waals surface area contributed by atoms with Gasteiger partial charge in [-0.25, -0.2) is 0 Å². The number of alkyl halides is 3. The van der Waals surface area contributed by atoms with E-state index in [0.717, 1.165) is 31.5 Å². The van der Waals surface area contributed by atoms with Crippen LogP contribution in [-0.4, -0.2) is 19.5 Å². The fourth-order valence-electron chi connectivity index (χ4n) is 2.93. The van der Waals surface area contributed by atoms with Crippen LogP contribution in [0.2, 0.25) is 0 Å². The van der Waals surface area contributed by atoms with Crippen LogP contribution in [-0.2, 0) is 6.42 Å². The number of halogens is 3. The first-order valence-electron chi connectivity index (χ1n) is 6.83. The van der Waals surface area contributed by atoms with Crippen molar-refractivity contribution in [2.24, 2.45) is 11.3 Å². The van der Waals surface area contributed by atoms with E-state index in [0.29, 0.717) is 5.92 Å². The molecule has 2 rings (SSSR count). The van der Waals surface area contributed by atoms with Gasteiger partial charge in [0, 0.05) is 13.1 Å². The van der Waals surface area contributed by atoms with E-state index in [2.05, 4.69) is 23.9 Å². The Morgan fingerprint density at radius 3 is 2.20 bits per heavy atom. The lowest BCUT2D eigenvalue weighted by Crippen LogP contribution is -2.55. The molecule has 1 saturated heterocycles. The van der Waals surface area contributed by atoms with Crippen molar-refractivity contribution in [2.75, 3.05) is 13.1 Å². The molecule has 20 heavy (non-hydrogen) atoms. The van der Waals surface area contributed by atoms with Gasteiger partial charge < -0.3 is 10.1 Å². The molecule has 112 valence electrons. The fourth-order valence-corrected chi connectivity index (χ4v) is 2.93. The van der Waals surface area contributed by atoms with Crippen LogP contribution in [0.15, 0.2) is 24.3 Å². The smallest absolute Gasteiger partial charge is 0.406 e. The first kappa shape index (κ1) is 15.2. The van der Waals surface area contributed by atoms with Gasteiger partial charge in [-0.05, 0) is 41.9 Å². The Balaban J connectivity index is 1.99. The molecule has 0 amide bonds. The van der Waals surface area contributed by atoms with Crippen LogP contribution in [0.5, 0.6) is 5.75 Å². The maximum atomic E-state index is 12.1. The Morgan fingerprint density at radius 2 is 1.80 bits per heavy atom. The van der Waals surface area contributed by atoms with E-state index in [9.17, 15) is 13.2 Å². The zero-order chi connectivity index (χ0) is 14.8. The summed E-state index contributed by atoms with van der Waals surface area (Å²) < 4.78 is 40.1. The largest absolute Gasteiger partial charge is 0.573 e. The van der Waals surface area contributed by atoms with Crippen LogP contribution >= 0.6 is 0 Å². The van der Waals surface area contributed by atoms with Crippen molar-refractivity contribution in [3.63, 3.8) is 0 Å². The van der Waals surface area contributed by atoms with Crippen LogP contribution in [0.3, 0.4) is 0 Å². The van der Waals surface area contributed by atoms with E-state index in [4.69, 9.17) is 0 Å². The lowest BCUT2D eigenvalue weighted by molar-refractivity contribution is -0.274. The molecule has 0 radical (unpaired) electrons. The van der Waals surface area contributed by atoms with E-state index in [1.165, 1.54) is 12.1 Å². The minimum atomic E-state index is -4.63. The number of benzene rings is 1. The third kappa shape index (κ3) is 4.13. The van der Waals surface area contributed by atoms with Gasteiger partial charge in [-0.1, -0.05) is 26.0 Å². The average Bonchev–Trinajstić information content (AvgIpc) is 2.26. The van der Waals surface area contributed by atoms with Gasteiger partial charge in [0.1, 0.15) is 5.75 Å². The van der Waals surface area contributed by atoms with Crippen molar-refractivity contribution in [2.45, 2.75) is 33.1 Å². The molecule has 1 aromatic carbocycles. The molecule has 2 nitrogen and oxygen atoms in total. The van der Waals surface area contributed by atoms with Gasteiger partial charge in [0.25, 0.3) is 0 Å². The summed E-state index contributed by atoms with van der Waals surface area (Å²) in [4.78, 5) is 0. The van der Waals surface area contributed by atoms with Gasteiger partial charge in [-0.3, -0.25) is 0 Å². The molecule has 1 aliphatic rings. The second-order valence-electron chi connectivity index (χ2n) is 6.07. The maximum Gasteiger partial charge on any atom is 0.573 e. The van der Waals surface area contributed by atoms with Crippen molar-refractivity contribution >= 4 is 0 Å². The molecule has 1 N–H and O–H groups in total. The molecule has 0 unspecified atom stereocenters. The van der Waals surface area contributed by atoms with Crippen LogP contribution in [0.25, 0.3) is 0 Å². The predicted molar refractivity (Wildman–Crippen MR) is 71.6 cm³/mol. The Bertz CT molecular complexity index is 435. The molecule has 5 heteroatoms. The SMILES string of the molecule is CC(C)CC1(Cc2ccc(OC(F)(F)F)cc2)CNC1. The second-order valence-corrected chi connectivity index (χ2v) is 6.07. The summed E-state index contributed by atoms with van der Waals surface area (Å²) in [6.45, 7) is 6.35. The molecule has 0 saturated carbocycles. The van der Waals surface area contributed by atoms with Gasteiger partial charge in [-0.15, -0.1) is 13.2 Å². The van der Waals surface area contributed by atoms with E-state index in [-0.39, 0.29) is 11.2 Å². The van der Waals surface area contributed by atoms with Crippen molar-refractivity contribution < 1.29 is 17.9 Å². The minimum absolute atomic E-state index is 0.161. The van der Waals surface area contributed by atoms with Crippen LogP contribution in [0.1, 0.15) is 25.8 Å². The molecule has 0 aliphatic carbocycles. The fraction of sp³-hybridized carbons (Fsp3) is 0.600. The Hall–Kier alpha value is -1.23. The highest BCUT2D eigenvalue weighted by molar-refractivity contribution is 5.28. The third-order valence-electron chi connectivity index (χ3n) is 3.58. The van der Waals surface area contributed by atoms with E-state index in [1.54, 1.807) is 12.1 Å². The topological polar surface area (TPSA) is 21.3 Å². The molecular weight excluding hydrogens is 267 g/mol. The molecule has 1 aliphatic heterocycles. The van der Waals surface area contributed by atoms with Crippen molar-refractivity contribution in [3.8, 4) is 5.75 Å². The molecule has 0 aromatic heterocycles. The summed E-state index contributed by atoms with van der Waals surface area (Å²) >= 11 is 0. The number of hydrogen-bond acceptors (Lipinski definition) is 2. The van der Waals surface area contributed by atoms with Crippen molar-refractivity contribution in [1.29, 1.82) is 0 Å². The predicted octanol–water partition coefficient (Wildman–Crippen LogP) is 3.76. The molecule has 0 atom stereocenters.